The van der Waals surface area contributed by atoms with Gasteiger partial charge in [-0.25, -0.2) is 0 Å². The molecule has 0 radical (unpaired) electrons. The molecule has 4 nitrogen and oxygen atoms in total. The molecule has 0 amide bonds. The zero-order chi connectivity index (χ0) is 17.9. The van der Waals surface area contributed by atoms with Crippen LogP contribution in [0.25, 0.3) is 0 Å². The SMILES string of the molecule is CCCCCCC#Cc1ccc(OCc2ccccc2)c([N+](=O)[O-])c1. The molecule has 0 fully saturated rings. The first-order valence-corrected chi connectivity index (χ1v) is 8.64. The summed E-state index contributed by atoms with van der Waals surface area (Å²) in [5, 5.41) is 11.3. The predicted molar refractivity (Wildman–Crippen MR) is 99.5 cm³/mol. The minimum atomic E-state index is -0.424. The van der Waals surface area contributed by atoms with Gasteiger partial charge in [-0.05, 0) is 24.1 Å². The fourth-order valence-electron chi connectivity index (χ4n) is 2.40. The molecule has 0 saturated heterocycles. The highest BCUT2D eigenvalue weighted by Gasteiger charge is 2.15. The normalized spacial score (nSPS) is 9.96. The molecule has 0 spiro atoms. The van der Waals surface area contributed by atoms with Gasteiger partial charge in [0.25, 0.3) is 0 Å². The van der Waals surface area contributed by atoms with Crippen LogP contribution in [-0.4, -0.2) is 4.92 Å². The van der Waals surface area contributed by atoms with Gasteiger partial charge < -0.3 is 4.74 Å². The number of hydrogen-bond acceptors (Lipinski definition) is 3. The Kier molecular flexibility index (Phi) is 7.52. The maximum absolute atomic E-state index is 11.3. The van der Waals surface area contributed by atoms with Gasteiger partial charge in [0.1, 0.15) is 6.61 Å². The number of hydrogen-bond donors (Lipinski definition) is 0. The lowest BCUT2D eigenvalue weighted by atomic mass is 10.1. The van der Waals surface area contributed by atoms with Crippen LogP contribution in [0, 0.1) is 22.0 Å². The Morgan fingerprint density at radius 3 is 2.60 bits per heavy atom. The Hall–Kier alpha value is -2.80. The van der Waals surface area contributed by atoms with Crippen molar-refractivity contribution in [2.24, 2.45) is 0 Å². The Balaban J connectivity index is 2.02. The molecule has 0 bridgehead atoms. The Morgan fingerprint density at radius 1 is 1.08 bits per heavy atom. The van der Waals surface area contributed by atoms with Crippen molar-refractivity contribution in [3.05, 3.63) is 69.8 Å². The molecule has 0 aliphatic carbocycles. The van der Waals surface area contributed by atoms with E-state index in [1.165, 1.54) is 25.3 Å². The summed E-state index contributed by atoms with van der Waals surface area (Å²) in [5.41, 5.74) is 1.57. The summed E-state index contributed by atoms with van der Waals surface area (Å²) in [6.07, 6.45) is 5.49. The highest BCUT2D eigenvalue weighted by Crippen LogP contribution is 2.28. The van der Waals surface area contributed by atoms with E-state index in [9.17, 15) is 10.1 Å². The van der Waals surface area contributed by atoms with Gasteiger partial charge in [0.15, 0.2) is 5.75 Å². The van der Waals surface area contributed by atoms with Gasteiger partial charge >= 0.3 is 5.69 Å². The second kappa shape index (κ2) is 10.1. The number of nitro benzene ring substituents is 1. The van der Waals surface area contributed by atoms with Crippen LogP contribution >= 0.6 is 0 Å². The molecular formula is C21H23NO3. The maximum atomic E-state index is 11.3. The third-order valence-electron chi connectivity index (χ3n) is 3.78. The van der Waals surface area contributed by atoms with Gasteiger partial charge in [0.05, 0.1) is 4.92 Å². The maximum Gasteiger partial charge on any atom is 0.312 e. The van der Waals surface area contributed by atoms with E-state index in [4.69, 9.17) is 4.74 Å². The molecule has 130 valence electrons. The van der Waals surface area contributed by atoms with E-state index in [0.29, 0.717) is 12.2 Å². The monoisotopic (exact) mass is 337 g/mol. The zero-order valence-corrected chi connectivity index (χ0v) is 14.5. The van der Waals surface area contributed by atoms with Crippen molar-refractivity contribution in [3.63, 3.8) is 0 Å². The molecule has 2 aromatic carbocycles. The fraction of sp³-hybridized carbons (Fsp3) is 0.333. The van der Waals surface area contributed by atoms with Crippen LogP contribution in [0.4, 0.5) is 5.69 Å². The first-order valence-electron chi connectivity index (χ1n) is 8.64. The van der Waals surface area contributed by atoms with Crippen LogP contribution in [0.15, 0.2) is 48.5 Å². The predicted octanol–water partition coefficient (Wildman–Crippen LogP) is 5.50. The molecule has 4 heteroatoms. The minimum Gasteiger partial charge on any atom is -0.482 e. The highest BCUT2D eigenvalue weighted by molar-refractivity contribution is 5.52. The van der Waals surface area contributed by atoms with Crippen LogP contribution in [0.5, 0.6) is 5.75 Å². The molecule has 0 saturated carbocycles. The smallest absolute Gasteiger partial charge is 0.312 e. The van der Waals surface area contributed by atoms with Gasteiger partial charge in [-0.3, -0.25) is 10.1 Å². The van der Waals surface area contributed by atoms with E-state index in [-0.39, 0.29) is 11.4 Å². The van der Waals surface area contributed by atoms with Gasteiger partial charge in [-0.1, -0.05) is 68.4 Å². The third kappa shape index (κ3) is 6.31. The fourth-order valence-corrected chi connectivity index (χ4v) is 2.40. The van der Waals surface area contributed by atoms with Gasteiger partial charge in [-0.15, -0.1) is 0 Å². The summed E-state index contributed by atoms with van der Waals surface area (Å²) in [6.45, 7) is 2.47. The summed E-state index contributed by atoms with van der Waals surface area (Å²) in [7, 11) is 0. The molecule has 0 aliphatic heterocycles. The van der Waals surface area contributed by atoms with Crippen LogP contribution in [0.1, 0.15) is 50.2 Å². The number of ether oxygens (including phenoxy) is 1. The quantitative estimate of drug-likeness (QED) is 0.277. The summed E-state index contributed by atoms with van der Waals surface area (Å²) >= 11 is 0. The van der Waals surface area contributed by atoms with Crippen molar-refractivity contribution in [3.8, 4) is 17.6 Å². The van der Waals surface area contributed by atoms with Crippen LogP contribution in [0.2, 0.25) is 0 Å². The molecule has 0 unspecified atom stereocenters. The molecule has 0 N–H and O–H groups in total. The highest BCUT2D eigenvalue weighted by atomic mass is 16.6. The molecule has 2 aromatic rings. The van der Waals surface area contributed by atoms with Crippen LogP contribution in [-0.2, 0) is 6.61 Å². The molecule has 25 heavy (non-hydrogen) atoms. The largest absolute Gasteiger partial charge is 0.482 e. The van der Waals surface area contributed by atoms with Crippen molar-refractivity contribution in [1.82, 2.24) is 0 Å². The van der Waals surface area contributed by atoms with E-state index in [1.807, 2.05) is 30.3 Å². The summed E-state index contributed by atoms with van der Waals surface area (Å²) in [6, 6.07) is 14.5. The summed E-state index contributed by atoms with van der Waals surface area (Å²) < 4.78 is 5.62. The van der Waals surface area contributed by atoms with E-state index in [1.54, 1.807) is 12.1 Å². The first-order chi connectivity index (χ1) is 12.2. The topological polar surface area (TPSA) is 52.4 Å². The van der Waals surface area contributed by atoms with Crippen molar-refractivity contribution in [1.29, 1.82) is 0 Å². The Labute approximate surface area is 149 Å². The second-order valence-corrected chi connectivity index (χ2v) is 5.83. The lowest BCUT2D eigenvalue weighted by Gasteiger charge is -2.07. The Bertz CT molecular complexity index is 745. The lowest BCUT2D eigenvalue weighted by Crippen LogP contribution is -1.99. The number of benzene rings is 2. The molecule has 0 aromatic heterocycles. The molecule has 0 atom stereocenters. The van der Waals surface area contributed by atoms with Crippen molar-refractivity contribution < 1.29 is 9.66 Å². The first kappa shape index (κ1) is 18.5. The van der Waals surface area contributed by atoms with E-state index < -0.39 is 4.92 Å². The average Bonchev–Trinajstić information content (AvgIpc) is 2.64. The second-order valence-electron chi connectivity index (χ2n) is 5.83. The summed E-state index contributed by atoms with van der Waals surface area (Å²) in [5.74, 6) is 6.36. The van der Waals surface area contributed by atoms with Crippen LogP contribution in [0.3, 0.4) is 0 Å². The molecule has 2 rings (SSSR count). The average molecular weight is 337 g/mol. The van der Waals surface area contributed by atoms with E-state index in [0.717, 1.165) is 18.4 Å². The molecule has 0 heterocycles. The Morgan fingerprint density at radius 2 is 1.88 bits per heavy atom. The lowest BCUT2D eigenvalue weighted by molar-refractivity contribution is -0.386. The number of unbranched alkanes of at least 4 members (excludes halogenated alkanes) is 4. The van der Waals surface area contributed by atoms with E-state index in [2.05, 4.69) is 18.8 Å². The zero-order valence-electron chi connectivity index (χ0n) is 14.5. The van der Waals surface area contributed by atoms with E-state index >= 15 is 0 Å². The van der Waals surface area contributed by atoms with Crippen molar-refractivity contribution in [2.75, 3.05) is 0 Å². The van der Waals surface area contributed by atoms with Gasteiger partial charge in [-0.2, -0.15) is 0 Å². The number of nitro groups is 1. The number of rotatable bonds is 8. The van der Waals surface area contributed by atoms with Gasteiger partial charge in [0.2, 0.25) is 0 Å². The minimum absolute atomic E-state index is 0.0475. The molecular weight excluding hydrogens is 314 g/mol. The molecule has 0 aliphatic rings. The summed E-state index contributed by atoms with van der Waals surface area (Å²) in [4.78, 5) is 10.9. The standard InChI is InChI=1S/C21H23NO3/c1-2-3-4-5-6-8-11-18-14-15-21(20(16-18)22(23)24)25-17-19-12-9-7-10-13-19/h7,9-10,12-16H,2-6,17H2,1H3. The van der Waals surface area contributed by atoms with Gasteiger partial charge in [0, 0.05) is 18.1 Å². The van der Waals surface area contributed by atoms with Crippen molar-refractivity contribution >= 4 is 5.69 Å². The van der Waals surface area contributed by atoms with Crippen LogP contribution < -0.4 is 4.74 Å². The third-order valence-corrected chi connectivity index (χ3v) is 3.78. The van der Waals surface area contributed by atoms with Crippen molar-refractivity contribution in [2.45, 2.75) is 45.6 Å². The number of nitrogens with zero attached hydrogens (tertiary/aromatic N) is 1.